The molecule has 0 saturated heterocycles. The minimum absolute atomic E-state index is 0.173. The zero-order valence-corrected chi connectivity index (χ0v) is 17.2. The van der Waals surface area contributed by atoms with Gasteiger partial charge in [0.1, 0.15) is 17.2 Å². The Labute approximate surface area is 171 Å². The van der Waals surface area contributed by atoms with E-state index in [2.05, 4.69) is 13.8 Å². The van der Waals surface area contributed by atoms with Crippen molar-refractivity contribution in [1.82, 2.24) is 0 Å². The monoisotopic (exact) mass is 396 g/mol. The third kappa shape index (κ3) is 5.28. The number of hydrogen-bond donors (Lipinski definition) is 0. The van der Waals surface area contributed by atoms with E-state index in [0.717, 1.165) is 22.6 Å². The molecular weight excluding hydrogens is 372 g/mol. The molecule has 4 heteroatoms. The molecule has 0 saturated carbocycles. The van der Waals surface area contributed by atoms with Crippen molar-refractivity contribution in [2.75, 3.05) is 13.7 Å². The van der Waals surface area contributed by atoms with Gasteiger partial charge in [-0.25, -0.2) is 0 Å². The summed E-state index contributed by atoms with van der Waals surface area (Å²) in [6.07, 6.45) is 0. The molecule has 0 aliphatic rings. The summed E-state index contributed by atoms with van der Waals surface area (Å²) in [6, 6.07) is 23.6. The summed E-state index contributed by atoms with van der Waals surface area (Å²) in [4.78, 5) is 0. The summed E-state index contributed by atoms with van der Waals surface area (Å²) < 4.78 is 17.1. The highest BCUT2D eigenvalue weighted by molar-refractivity contribution is 6.32. The molecule has 0 bridgehead atoms. The van der Waals surface area contributed by atoms with Gasteiger partial charge in [0.25, 0.3) is 0 Å². The molecule has 0 amide bonds. The third-order valence-corrected chi connectivity index (χ3v) is 4.84. The Hall–Kier alpha value is -2.49. The van der Waals surface area contributed by atoms with E-state index in [0.29, 0.717) is 24.0 Å². The van der Waals surface area contributed by atoms with Crippen LogP contribution in [0.2, 0.25) is 5.02 Å². The first kappa shape index (κ1) is 20.2. The maximum absolute atomic E-state index is 6.27. The number of rotatable bonds is 8. The summed E-state index contributed by atoms with van der Waals surface area (Å²) in [5.41, 5.74) is 2.00. The number of ether oxygens (including phenoxy) is 3. The van der Waals surface area contributed by atoms with E-state index < -0.39 is 0 Å². The minimum Gasteiger partial charge on any atom is -0.495 e. The number of halogens is 1. The quantitative estimate of drug-likeness (QED) is 0.427. The fourth-order valence-corrected chi connectivity index (χ4v) is 3.18. The highest BCUT2D eigenvalue weighted by Gasteiger charge is 2.22. The van der Waals surface area contributed by atoms with Crippen molar-refractivity contribution >= 4 is 11.6 Å². The molecule has 0 aliphatic carbocycles. The maximum Gasteiger partial charge on any atom is 0.137 e. The molecule has 0 radical (unpaired) electrons. The maximum atomic E-state index is 6.27. The molecule has 0 unspecified atom stereocenters. The molecule has 28 heavy (non-hydrogen) atoms. The van der Waals surface area contributed by atoms with E-state index in [9.17, 15) is 0 Å². The van der Waals surface area contributed by atoms with Crippen LogP contribution < -0.4 is 9.47 Å². The largest absolute Gasteiger partial charge is 0.495 e. The lowest BCUT2D eigenvalue weighted by atomic mass is 9.85. The van der Waals surface area contributed by atoms with Crippen molar-refractivity contribution in [3.8, 4) is 17.2 Å². The summed E-state index contributed by atoms with van der Waals surface area (Å²) in [5, 5.41) is 0.610. The fourth-order valence-electron chi connectivity index (χ4n) is 2.92. The van der Waals surface area contributed by atoms with Crippen molar-refractivity contribution in [2.45, 2.75) is 25.9 Å². The van der Waals surface area contributed by atoms with Gasteiger partial charge in [0.05, 0.1) is 25.3 Å². The molecule has 3 nitrogen and oxygen atoms in total. The van der Waals surface area contributed by atoms with Crippen LogP contribution in [0.25, 0.3) is 0 Å². The van der Waals surface area contributed by atoms with Gasteiger partial charge in [-0.05, 0) is 47.5 Å². The van der Waals surface area contributed by atoms with Crippen LogP contribution in [0.5, 0.6) is 17.2 Å². The second-order valence-corrected chi connectivity index (χ2v) is 7.70. The van der Waals surface area contributed by atoms with Crippen LogP contribution in [0.3, 0.4) is 0 Å². The standard InChI is InChI=1S/C24H25ClO3/c1-24(2,19-12-13-23(26-3)22(25)15-19)17-27-16-18-8-7-11-21(14-18)28-20-9-5-4-6-10-20/h4-15H,16-17H2,1-3H3. The molecule has 0 fully saturated rings. The predicted octanol–water partition coefficient (Wildman–Crippen LogP) is 6.64. The van der Waals surface area contributed by atoms with E-state index in [1.54, 1.807) is 7.11 Å². The first-order valence-electron chi connectivity index (χ1n) is 9.21. The highest BCUT2D eigenvalue weighted by atomic mass is 35.5. The Bertz CT molecular complexity index is 907. The second kappa shape index (κ2) is 9.13. The summed E-state index contributed by atoms with van der Waals surface area (Å²) in [6.45, 7) is 5.36. The van der Waals surface area contributed by atoms with E-state index in [4.69, 9.17) is 25.8 Å². The first-order valence-corrected chi connectivity index (χ1v) is 9.59. The lowest BCUT2D eigenvalue weighted by Crippen LogP contribution is -2.24. The van der Waals surface area contributed by atoms with Gasteiger partial charge in [-0.2, -0.15) is 0 Å². The molecule has 3 rings (SSSR count). The predicted molar refractivity (Wildman–Crippen MR) is 114 cm³/mol. The average molecular weight is 397 g/mol. The van der Waals surface area contributed by atoms with Crippen LogP contribution in [0, 0.1) is 0 Å². The Morgan fingerprint density at radius 2 is 1.61 bits per heavy atom. The van der Waals surface area contributed by atoms with Gasteiger partial charge < -0.3 is 14.2 Å². The molecule has 0 aliphatic heterocycles. The van der Waals surface area contributed by atoms with E-state index in [1.165, 1.54) is 0 Å². The van der Waals surface area contributed by atoms with Crippen LogP contribution in [0.15, 0.2) is 72.8 Å². The second-order valence-electron chi connectivity index (χ2n) is 7.29. The van der Waals surface area contributed by atoms with Crippen molar-refractivity contribution < 1.29 is 14.2 Å². The van der Waals surface area contributed by atoms with E-state index >= 15 is 0 Å². The number of hydrogen-bond acceptors (Lipinski definition) is 3. The molecule has 3 aromatic rings. The van der Waals surface area contributed by atoms with Crippen LogP contribution in [0.4, 0.5) is 0 Å². The van der Waals surface area contributed by atoms with Gasteiger partial charge >= 0.3 is 0 Å². The molecule has 0 spiro atoms. The van der Waals surface area contributed by atoms with Crippen molar-refractivity contribution in [1.29, 1.82) is 0 Å². The van der Waals surface area contributed by atoms with Crippen LogP contribution in [-0.4, -0.2) is 13.7 Å². The normalized spacial score (nSPS) is 11.3. The van der Waals surface area contributed by atoms with Gasteiger partial charge in [0.2, 0.25) is 0 Å². The first-order chi connectivity index (χ1) is 13.5. The van der Waals surface area contributed by atoms with Crippen molar-refractivity contribution in [3.63, 3.8) is 0 Å². The summed E-state index contributed by atoms with van der Waals surface area (Å²) >= 11 is 6.27. The zero-order valence-electron chi connectivity index (χ0n) is 16.4. The number of para-hydroxylation sites is 1. The summed E-state index contributed by atoms with van der Waals surface area (Å²) in [5.74, 6) is 2.30. The Kier molecular flexibility index (Phi) is 6.61. The molecule has 146 valence electrons. The average Bonchev–Trinajstić information content (AvgIpc) is 2.69. The topological polar surface area (TPSA) is 27.7 Å². The van der Waals surface area contributed by atoms with Gasteiger partial charge in [0, 0.05) is 5.41 Å². The lowest BCUT2D eigenvalue weighted by Gasteiger charge is -2.25. The van der Waals surface area contributed by atoms with E-state index in [-0.39, 0.29) is 5.41 Å². The smallest absolute Gasteiger partial charge is 0.137 e. The molecule has 3 aromatic carbocycles. The SMILES string of the molecule is COc1ccc(C(C)(C)COCc2cccc(Oc3ccccc3)c2)cc1Cl. The molecule has 0 atom stereocenters. The molecule has 0 N–H and O–H groups in total. The number of benzene rings is 3. The van der Waals surface area contributed by atoms with E-state index in [1.807, 2.05) is 72.8 Å². The minimum atomic E-state index is -0.173. The summed E-state index contributed by atoms with van der Waals surface area (Å²) in [7, 11) is 1.62. The Morgan fingerprint density at radius 1 is 0.857 bits per heavy atom. The zero-order chi connectivity index (χ0) is 20.0. The van der Waals surface area contributed by atoms with Gasteiger partial charge in [-0.1, -0.05) is 61.8 Å². The van der Waals surface area contributed by atoms with Crippen LogP contribution in [0.1, 0.15) is 25.0 Å². The van der Waals surface area contributed by atoms with Crippen molar-refractivity contribution in [3.05, 3.63) is 88.9 Å². The van der Waals surface area contributed by atoms with Crippen molar-refractivity contribution in [2.24, 2.45) is 0 Å². The highest BCUT2D eigenvalue weighted by Crippen LogP contribution is 2.32. The Morgan fingerprint density at radius 3 is 2.32 bits per heavy atom. The molecule has 0 heterocycles. The van der Waals surface area contributed by atoms with Crippen LogP contribution in [-0.2, 0) is 16.8 Å². The van der Waals surface area contributed by atoms with Gasteiger partial charge in [0.15, 0.2) is 0 Å². The Balaban J connectivity index is 1.59. The fraction of sp³-hybridized carbons (Fsp3) is 0.250. The number of methoxy groups -OCH3 is 1. The van der Waals surface area contributed by atoms with Crippen LogP contribution >= 0.6 is 11.6 Å². The van der Waals surface area contributed by atoms with Gasteiger partial charge in [-0.15, -0.1) is 0 Å². The third-order valence-electron chi connectivity index (χ3n) is 4.54. The molecular formula is C24H25ClO3. The molecule has 0 aromatic heterocycles. The van der Waals surface area contributed by atoms with Gasteiger partial charge in [-0.3, -0.25) is 0 Å². The lowest BCUT2D eigenvalue weighted by molar-refractivity contribution is 0.0824.